The molecular formula is C17H22N4O2S2. The van der Waals surface area contributed by atoms with Crippen LogP contribution in [0.1, 0.15) is 36.5 Å². The third-order valence-electron chi connectivity index (χ3n) is 4.51. The van der Waals surface area contributed by atoms with Gasteiger partial charge in [-0.1, -0.05) is 17.8 Å². The van der Waals surface area contributed by atoms with E-state index < -0.39 is 0 Å². The minimum atomic E-state index is -0.158. The van der Waals surface area contributed by atoms with E-state index in [1.807, 2.05) is 11.8 Å². The first-order chi connectivity index (χ1) is 12.2. The van der Waals surface area contributed by atoms with Crippen LogP contribution in [0.4, 0.5) is 0 Å². The van der Waals surface area contributed by atoms with E-state index in [2.05, 4.69) is 32.3 Å². The second kappa shape index (κ2) is 7.47. The molecule has 8 heteroatoms. The molecule has 6 nitrogen and oxygen atoms in total. The van der Waals surface area contributed by atoms with E-state index in [4.69, 9.17) is 4.74 Å². The first-order valence-electron chi connectivity index (χ1n) is 8.71. The fourth-order valence-electron chi connectivity index (χ4n) is 3.03. The van der Waals surface area contributed by atoms with Crippen molar-refractivity contribution in [1.29, 1.82) is 0 Å². The number of morpholine rings is 1. The number of hydrogen-bond donors (Lipinski definition) is 0. The van der Waals surface area contributed by atoms with Crippen molar-refractivity contribution in [2.45, 2.75) is 42.6 Å². The third kappa shape index (κ3) is 3.91. The topological polar surface area (TPSA) is 60.2 Å². The summed E-state index contributed by atoms with van der Waals surface area (Å²) in [7, 11) is 0. The maximum atomic E-state index is 12.7. The highest BCUT2D eigenvalue weighted by Crippen LogP contribution is 2.40. The molecule has 134 valence electrons. The van der Waals surface area contributed by atoms with Crippen LogP contribution >= 0.6 is 23.1 Å². The molecule has 0 bridgehead atoms. The van der Waals surface area contributed by atoms with Crippen molar-refractivity contribution in [2.75, 3.05) is 26.3 Å². The Morgan fingerprint density at radius 2 is 2.20 bits per heavy atom. The van der Waals surface area contributed by atoms with E-state index >= 15 is 0 Å². The van der Waals surface area contributed by atoms with Crippen LogP contribution in [0.3, 0.4) is 0 Å². The summed E-state index contributed by atoms with van der Waals surface area (Å²) in [5.41, 5.74) is 0. The van der Waals surface area contributed by atoms with Crippen molar-refractivity contribution in [2.24, 2.45) is 0 Å². The molecule has 1 saturated heterocycles. The lowest BCUT2D eigenvalue weighted by Crippen LogP contribution is -2.44. The molecule has 1 saturated carbocycles. The quantitative estimate of drug-likeness (QED) is 0.723. The van der Waals surface area contributed by atoms with Gasteiger partial charge >= 0.3 is 0 Å². The Hall–Kier alpha value is -1.38. The molecule has 2 aliphatic rings. The molecule has 2 aromatic rings. The first-order valence-corrected chi connectivity index (χ1v) is 10.5. The molecule has 25 heavy (non-hydrogen) atoms. The Morgan fingerprint density at radius 1 is 1.40 bits per heavy atom. The van der Waals surface area contributed by atoms with Gasteiger partial charge in [0, 0.05) is 30.4 Å². The van der Waals surface area contributed by atoms with Crippen molar-refractivity contribution in [3.63, 3.8) is 0 Å². The predicted molar refractivity (Wildman–Crippen MR) is 98.1 cm³/mol. The van der Waals surface area contributed by atoms with E-state index in [1.165, 1.54) is 29.5 Å². The lowest BCUT2D eigenvalue weighted by molar-refractivity contribution is -0.134. The fraction of sp³-hybridized carbons (Fsp3) is 0.588. The number of thiophene rings is 1. The fourth-order valence-corrected chi connectivity index (χ4v) is 4.75. The Morgan fingerprint density at radius 3 is 2.88 bits per heavy atom. The van der Waals surface area contributed by atoms with Crippen LogP contribution in [0, 0.1) is 0 Å². The van der Waals surface area contributed by atoms with Crippen LogP contribution in [0.5, 0.6) is 0 Å². The molecule has 4 rings (SSSR count). The second-order valence-corrected chi connectivity index (χ2v) is 8.79. The average Bonchev–Trinajstić information content (AvgIpc) is 3.20. The van der Waals surface area contributed by atoms with E-state index in [9.17, 15) is 4.79 Å². The average molecular weight is 379 g/mol. The Balaban J connectivity index is 1.48. The molecule has 0 N–H and O–H groups in total. The van der Waals surface area contributed by atoms with Gasteiger partial charge < -0.3 is 14.2 Å². The summed E-state index contributed by atoms with van der Waals surface area (Å²) in [5, 5.41) is 11.7. The second-order valence-electron chi connectivity index (χ2n) is 6.45. The van der Waals surface area contributed by atoms with Crippen LogP contribution in [0.2, 0.25) is 0 Å². The molecule has 1 aliphatic heterocycles. The largest absolute Gasteiger partial charge is 0.378 e. The van der Waals surface area contributed by atoms with Gasteiger partial charge in [-0.25, -0.2) is 0 Å². The van der Waals surface area contributed by atoms with Crippen LogP contribution in [-0.4, -0.2) is 57.1 Å². The zero-order valence-electron chi connectivity index (χ0n) is 14.3. The number of aromatic nitrogens is 3. The normalized spacial score (nSPS) is 19.2. The molecule has 0 radical (unpaired) electrons. The van der Waals surface area contributed by atoms with Crippen LogP contribution in [-0.2, 0) is 16.0 Å². The molecule has 3 heterocycles. The SMILES string of the molecule is CC(Sc1nnc(Cc2cccs2)n1C1CC1)C(=O)N1CCOCC1. The molecule has 1 atom stereocenters. The van der Waals surface area contributed by atoms with E-state index in [0.29, 0.717) is 32.3 Å². The van der Waals surface area contributed by atoms with Gasteiger partial charge in [0.15, 0.2) is 5.16 Å². The molecule has 1 aliphatic carbocycles. The Labute approximate surface area is 155 Å². The maximum absolute atomic E-state index is 12.7. The van der Waals surface area contributed by atoms with Crippen molar-refractivity contribution >= 4 is 29.0 Å². The summed E-state index contributed by atoms with van der Waals surface area (Å²) in [4.78, 5) is 15.8. The van der Waals surface area contributed by atoms with Crippen molar-refractivity contribution in [3.8, 4) is 0 Å². The van der Waals surface area contributed by atoms with Gasteiger partial charge in [-0.2, -0.15) is 0 Å². The monoisotopic (exact) mass is 378 g/mol. The highest BCUT2D eigenvalue weighted by molar-refractivity contribution is 8.00. The zero-order chi connectivity index (χ0) is 17.2. The molecule has 1 unspecified atom stereocenters. The van der Waals surface area contributed by atoms with E-state index in [-0.39, 0.29) is 11.2 Å². The number of nitrogens with zero attached hydrogens (tertiary/aromatic N) is 4. The van der Waals surface area contributed by atoms with Gasteiger partial charge in [-0.15, -0.1) is 21.5 Å². The zero-order valence-corrected chi connectivity index (χ0v) is 15.9. The predicted octanol–water partition coefficient (Wildman–Crippen LogP) is 2.60. The van der Waals surface area contributed by atoms with Gasteiger partial charge in [0.25, 0.3) is 0 Å². The minimum Gasteiger partial charge on any atom is -0.378 e. The van der Waals surface area contributed by atoms with Crippen molar-refractivity contribution < 1.29 is 9.53 Å². The number of ether oxygens (including phenoxy) is 1. The first kappa shape index (κ1) is 17.1. The van der Waals surface area contributed by atoms with Crippen LogP contribution in [0.15, 0.2) is 22.7 Å². The molecular weight excluding hydrogens is 356 g/mol. The molecule has 1 amide bonds. The van der Waals surface area contributed by atoms with E-state index in [0.717, 1.165) is 17.4 Å². The van der Waals surface area contributed by atoms with Crippen molar-refractivity contribution in [1.82, 2.24) is 19.7 Å². The van der Waals surface area contributed by atoms with Gasteiger partial charge in [0.2, 0.25) is 5.91 Å². The summed E-state index contributed by atoms with van der Waals surface area (Å²) >= 11 is 3.28. The Kier molecular flexibility index (Phi) is 5.10. The third-order valence-corrected chi connectivity index (χ3v) is 6.43. The van der Waals surface area contributed by atoms with E-state index in [1.54, 1.807) is 11.3 Å². The van der Waals surface area contributed by atoms with Crippen LogP contribution in [0.25, 0.3) is 0 Å². The van der Waals surface area contributed by atoms with Gasteiger partial charge in [0.1, 0.15) is 5.82 Å². The summed E-state index contributed by atoms with van der Waals surface area (Å²) in [6.07, 6.45) is 3.16. The number of amides is 1. The molecule has 2 aromatic heterocycles. The highest BCUT2D eigenvalue weighted by atomic mass is 32.2. The number of thioether (sulfide) groups is 1. The lowest BCUT2D eigenvalue weighted by atomic mass is 10.3. The smallest absolute Gasteiger partial charge is 0.236 e. The number of rotatable bonds is 6. The van der Waals surface area contributed by atoms with Crippen molar-refractivity contribution in [3.05, 3.63) is 28.2 Å². The Bertz CT molecular complexity index is 721. The summed E-state index contributed by atoms with van der Waals surface area (Å²) < 4.78 is 7.59. The number of carbonyl (C=O) groups is 1. The summed E-state index contributed by atoms with van der Waals surface area (Å²) in [5.74, 6) is 1.18. The standard InChI is InChI=1S/C17H22N4O2S2/c1-12(16(22)20-6-8-23-9-7-20)25-17-19-18-15(21(17)13-4-5-13)11-14-3-2-10-24-14/h2-3,10,12-13H,4-9,11H2,1H3. The maximum Gasteiger partial charge on any atom is 0.236 e. The summed E-state index contributed by atoms with van der Waals surface area (Å²) in [6, 6.07) is 4.70. The number of hydrogen-bond acceptors (Lipinski definition) is 6. The van der Waals surface area contributed by atoms with Gasteiger partial charge in [-0.3, -0.25) is 4.79 Å². The highest BCUT2D eigenvalue weighted by Gasteiger charge is 2.32. The van der Waals surface area contributed by atoms with Gasteiger partial charge in [0.05, 0.1) is 18.5 Å². The minimum absolute atomic E-state index is 0.158. The molecule has 0 spiro atoms. The number of carbonyl (C=O) groups excluding carboxylic acids is 1. The summed E-state index contributed by atoms with van der Waals surface area (Å²) in [6.45, 7) is 4.59. The lowest BCUT2D eigenvalue weighted by Gasteiger charge is -2.28. The van der Waals surface area contributed by atoms with Crippen LogP contribution < -0.4 is 0 Å². The molecule has 2 fully saturated rings. The van der Waals surface area contributed by atoms with Gasteiger partial charge in [-0.05, 0) is 31.2 Å². The molecule has 0 aromatic carbocycles.